The molecule has 0 amide bonds. The molecule has 0 aliphatic rings. The summed E-state index contributed by atoms with van der Waals surface area (Å²) in [5, 5.41) is 0. The summed E-state index contributed by atoms with van der Waals surface area (Å²) in [5.74, 6) is 0. The van der Waals surface area contributed by atoms with Gasteiger partial charge in [0.25, 0.3) is 0 Å². The number of rotatable bonds is 2. The minimum atomic E-state index is -4.37. The Morgan fingerprint density at radius 2 is 2.12 bits per heavy atom. The van der Waals surface area contributed by atoms with Crippen LogP contribution in [0, 0.1) is 3.83 Å². The van der Waals surface area contributed by atoms with Crippen molar-refractivity contribution in [3.05, 3.63) is 21.7 Å². The highest BCUT2D eigenvalue weighted by molar-refractivity contribution is 14.1. The SMILES string of the molecule is CCCn1c(I)nc2cc(C(F)(F)F)cnc21. The molecule has 2 aromatic rings. The zero-order chi connectivity index (χ0) is 12.6. The normalized spacial score (nSPS) is 12.3. The van der Waals surface area contributed by atoms with Crippen LogP contribution in [-0.4, -0.2) is 14.5 Å². The van der Waals surface area contributed by atoms with E-state index in [2.05, 4.69) is 9.97 Å². The number of halogens is 4. The van der Waals surface area contributed by atoms with Crippen molar-refractivity contribution in [2.45, 2.75) is 26.1 Å². The molecule has 0 radical (unpaired) electrons. The lowest BCUT2D eigenvalue weighted by atomic mass is 10.2. The zero-order valence-corrected chi connectivity index (χ0v) is 11.1. The van der Waals surface area contributed by atoms with Crippen LogP contribution in [0.3, 0.4) is 0 Å². The van der Waals surface area contributed by atoms with Gasteiger partial charge in [-0.15, -0.1) is 0 Å². The van der Waals surface area contributed by atoms with Gasteiger partial charge in [0.05, 0.1) is 5.56 Å². The number of alkyl halides is 3. The summed E-state index contributed by atoms with van der Waals surface area (Å²) < 4.78 is 40.0. The molecule has 3 nitrogen and oxygen atoms in total. The standard InChI is InChI=1S/C10H9F3IN3/c1-2-3-17-8-7(16-9(17)14)4-6(5-15-8)10(11,12)13/h4-5H,2-3H2,1H3. The molecule has 0 aliphatic heterocycles. The van der Waals surface area contributed by atoms with Crippen molar-refractivity contribution in [2.24, 2.45) is 0 Å². The highest BCUT2D eigenvalue weighted by Gasteiger charge is 2.31. The monoisotopic (exact) mass is 355 g/mol. The average molecular weight is 355 g/mol. The van der Waals surface area contributed by atoms with Gasteiger partial charge in [-0.2, -0.15) is 13.2 Å². The van der Waals surface area contributed by atoms with Gasteiger partial charge in [-0.25, -0.2) is 9.97 Å². The van der Waals surface area contributed by atoms with Gasteiger partial charge in [-0.3, -0.25) is 0 Å². The van der Waals surface area contributed by atoms with Crippen LogP contribution in [0.25, 0.3) is 11.2 Å². The molecule has 0 saturated heterocycles. The number of nitrogens with zero attached hydrogens (tertiary/aromatic N) is 3. The van der Waals surface area contributed by atoms with E-state index in [0.29, 0.717) is 16.0 Å². The molecule has 0 unspecified atom stereocenters. The fourth-order valence-electron chi connectivity index (χ4n) is 1.56. The third-order valence-corrected chi connectivity index (χ3v) is 3.14. The van der Waals surface area contributed by atoms with Gasteiger partial charge in [-0.05, 0) is 12.5 Å². The van der Waals surface area contributed by atoms with Gasteiger partial charge in [0.15, 0.2) is 9.48 Å². The molecular weight excluding hydrogens is 346 g/mol. The van der Waals surface area contributed by atoms with E-state index < -0.39 is 11.7 Å². The maximum absolute atomic E-state index is 12.5. The fourth-order valence-corrected chi connectivity index (χ4v) is 2.29. The molecule has 0 atom stereocenters. The predicted octanol–water partition coefficient (Wildman–Crippen LogP) is 3.46. The molecule has 0 spiro atoms. The van der Waals surface area contributed by atoms with Crippen molar-refractivity contribution >= 4 is 33.8 Å². The number of pyridine rings is 1. The second-order valence-corrected chi connectivity index (χ2v) is 4.56. The molecule has 0 N–H and O–H groups in total. The van der Waals surface area contributed by atoms with Crippen LogP contribution in [-0.2, 0) is 12.7 Å². The van der Waals surface area contributed by atoms with Gasteiger partial charge in [0, 0.05) is 35.3 Å². The summed E-state index contributed by atoms with van der Waals surface area (Å²) in [5.41, 5.74) is 0.0319. The van der Waals surface area contributed by atoms with Gasteiger partial charge < -0.3 is 4.57 Å². The Balaban J connectivity index is 2.58. The van der Waals surface area contributed by atoms with Crippen molar-refractivity contribution in [2.75, 3.05) is 0 Å². The summed E-state index contributed by atoms with van der Waals surface area (Å²) in [6.07, 6.45) is -2.64. The van der Waals surface area contributed by atoms with Crippen LogP contribution in [0.1, 0.15) is 18.9 Å². The first-order valence-corrected chi connectivity index (χ1v) is 6.10. The van der Waals surface area contributed by atoms with E-state index in [-0.39, 0.29) is 5.52 Å². The third-order valence-electron chi connectivity index (χ3n) is 2.31. The first-order chi connectivity index (χ1) is 7.93. The van der Waals surface area contributed by atoms with Crippen LogP contribution < -0.4 is 0 Å². The van der Waals surface area contributed by atoms with Gasteiger partial charge in [-0.1, -0.05) is 6.92 Å². The molecule has 92 valence electrons. The first kappa shape index (κ1) is 12.6. The van der Waals surface area contributed by atoms with Crippen LogP contribution >= 0.6 is 22.6 Å². The number of fused-ring (bicyclic) bond motifs is 1. The van der Waals surface area contributed by atoms with Gasteiger partial charge >= 0.3 is 6.18 Å². The molecule has 2 rings (SSSR count). The Morgan fingerprint density at radius 1 is 1.41 bits per heavy atom. The Kier molecular flexibility index (Phi) is 3.28. The van der Waals surface area contributed by atoms with Crippen molar-refractivity contribution in [3.63, 3.8) is 0 Å². The third kappa shape index (κ3) is 2.38. The Bertz CT molecular complexity index is 547. The Labute approximate surface area is 109 Å². The highest BCUT2D eigenvalue weighted by atomic mass is 127. The maximum atomic E-state index is 12.5. The van der Waals surface area contributed by atoms with Crippen LogP contribution in [0.4, 0.5) is 13.2 Å². The van der Waals surface area contributed by atoms with E-state index in [1.54, 1.807) is 0 Å². The Morgan fingerprint density at radius 3 is 2.71 bits per heavy atom. The van der Waals surface area contributed by atoms with E-state index in [1.807, 2.05) is 34.1 Å². The van der Waals surface area contributed by atoms with Crippen LogP contribution in [0.2, 0.25) is 0 Å². The summed E-state index contributed by atoms with van der Waals surface area (Å²) in [4.78, 5) is 7.96. The minimum absolute atomic E-state index is 0.290. The lowest BCUT2D eigenvalue weighted by molar-refractivity contribution is -0.137. The molecule has 17 heavy (non-hydrogen) atoms. The number of imidazole rings is 1. The number of hydrogen-bond acceptors (Lipinski definition) is 2. The number of hydrogen-bond donors (Lipinski definition) is 0. The van der Waals surface area contributed by atoms with Gasteiger partial charge in [0.2, 0.25) is 0 Å². The summed E-state index contributed by atoms with van der Waals surface area (Å²) in [7, 11) is 0. The van der Waals surface area contributed by atoms with E-state index in [1.165, 1.54) is 0 Å². The molecule has 0 bridgehead atoms. The zero-order valence-electron chi connectivity index (χ0n) is 8.92. The quantitative estimate of drug-likeness (QED) is 0.773. The maximum Gasteiger partial charge on any atom is 0.417 e. The summed E-state index contributed by atoms with van der Waals surface area (Å²) in [6.45, 7) is 2.69. The minimum Gasteiger partial charge on any atom is -0.304 e. The Hall–Kier alpha value is -0.860. The summed E-state index contributed by atoms with van der Waals surface area (Å²) >= 11 is 2.00. The molecule has 0 saturated carbocycles. The van der Waals surface area contributed by atoms with Gasteiger partial charge in [0.1, 0.15) is 5.52 Å². The van der Waals surface area contributed by atoms with E-state index >= 15 is 0 Å². The second kappa shape index (κ2) is 4.43. The van der Waals surface area contributed by atoms with E-state index in [0.717, 1.165) is 18.7 Å². The highest BCUT2D eigenvalue weighted by Crippen LogP contribution is 2.30. The molecule has 0 aliphatic carbocycles. The number of aromatic nitrogens is 3. The molecular formula is C10H9F3IN3. The number of aryl methyl sites for hydroxylation is 1. The summed E-state index contributed by atoms with van der Waals surface area (Å²) in [6, 6.07) is 1.04. The fraction of sp³-hybridized carbons (Fsp3) is 0.400. The van der Waals surface area contributed by atoms with Crippen molar-refractivity contribution < 1.29 is 13.2 Å². The topological polar surface area (TPSA) is 30.7 Å². The molecule has 0 aromatic carbocycles. The van der Waals surface area contributed by atoms with Crippen molar-refractivity contribution in [3.8, 4) is 0 Å². The van der Waals surface area contributed by atoms with Crippen LogP contribution in [0.5, 0.6) is 0 Å². The average Bonchev–Trinajstić information content (AvgIpc) is 2.54. The smallest absolute Gasteiger partial charge is 0.304 e. The molecule has 2 aromatic heterocycles. The second-order valence-electron chi connectivity index (χ2n) is 3.60. The van der Waals surface area contributed by atoms with Crippen molar-refractivity contribution in [1.82, 2.24) is 14.5 Å². The molecule has 0 fully saturated rings. The van der Waals surface area contributed by atoms with Crippen LogP contribution in [0.15, 0.2) is 12.3 Å². The van der Waals surface area contributed by atoms with Crippen molar-refractivity contribution in [1.29, 1.82) is 0 Å². The lowest BCUT2D eigenvalue weighted by Crippen LogP contribution is -2.06. The first-order valence-electron chi connectivity index (χ1n) is 5.02. The van der Waals surface area contributed by atoms with E-state index in [9.17, 15) is 13.2 Å². The molecule has 7 heteroatoms. The predicted molar refractivity (Wildman–Crippen MR) is 65.5 cm³/mol. The largest absolute Gasteiger partial charge is 0.417 e. The van der Waals surface area contributed by atoms with E-state index in [4.69, 9.17) is 0 Å². The lowest BCUT2D eigenvalue weighted by Gasteiger charge is -2.06. The molecule has 2 heterocycles.